The molecule has 3 atom stereocenters. The van der Waals surface area contributed by atoms with Crippen molar-refractivity contribution in [3.63, 3.8) is 0 Å². The van der Waals surface area contributed by atoms with Gasteiger partial charge in [0.1, 0.15) is 17.7 Å². The average Bonchev–Trinajstić information content (AvgIpc) is 2.58. The maximum atomic E-state index is 13.5. The van der Waals surface area contributed by atoms with Crippen molar-refractivity contribution in [2.75, 3.05) is 13.7 Å². The summed E-state index contributed by atoms with van der Waals surface area (Å²) < 4.78 is 18.5. The van der Waals surface area contributed by atoms with Crippen LogP contribution in [0.15, 0.2) is 18.2 Å². The highest BCUT2D eigenvalue weighted by atomic mass is 19.1. The van der Waals surface area contributed by atoms with Crippen molar-refractivity contribution in [3.8, 4) is 5.75 Å². The Bertz CT molecular complexity index is 569. The summed E-state index contributed by atoms with van der Waals surface area (Å²) in [7, 11) is 1.45. The Balaban J connectivity index is 2.54. The molecule has 7 heteroatoms. The first-order chi connectivity index (χ1) is 12.3. The fourth-order valence-electron chi connectivity index (χ4n) is 2.79. The Morgan fingerprint density at radius 3 is 2.62 bits per heavy atom. The molecular weight excluding hydrogens is 337 g/mol. The quantitative estimate of drug-likeness (QED) is 0.475. The van der Waals surface area contributed by atoms with Crippen LogP contribution in [0.1, 0.15) is 39.2 Å². The van der Waals surface area contributed by atoms with E-state index < -0.39 is 23.9 Å². The van der Waals surface area contributed by atoms with Gasteiger partial charge in [-0.1, -0.05) is 20.8 Å². The Kier molecular flexibility index (Phi) is 9.54. The molecule has 0 aliphatic rings. The molecule has 0 bridgehead atoms. The van der Waals surface area contributed by atoms with Gasteiger partial charge in [0.25, 0.3) is 5.91 Å². The van der Waals surface area contributed by atoms with E-state index in [9.17, 15) is 14.3 Å². The van der Waals surface area contributed by atoms with Gasteiger partial charge in [-0.15, -0.1) is 0 Å². The van der Waals surface area contributed by atoms with Crippen molar-refractivity contribution in [1.29, 1.82) is 0 Å². The van der Waals surface area contributed by atoms with Crippen molar-refractivity contribution in [2.24, 2.45) is 11.7 Å². The van der Waals surface area contributed by atoms with Gasteiger partial charge in [-0.25, -0.2) is 4.39 Å². The molecule has 1 rings (SSSR count). The minimum Gasteiger partial charge on any atom is -0.497 e. The summed E-state index contributed by atoms with van der Waals surface area (Å²) in [6.07, 6.45) is 0.242. The lowest BCUT2D eigenvalue weighted by Crippen LogP contribution is -2.51. The third-order valence-electron chi connectivity index (χ3n) is 4.14. The van der Waals surface area contributed by atoms with Crippen molar-refractivity contribution in [3.05, 3.63) is 29.6 Å². The van der Waals surface area contributed by atoms with Crippen LogP contribution < -0.4 is 21.1 Å². The van der Waals surface area contributed by atoms with E-state index in [1.165, 1.54) is 19.2 Å². The zero-order valence-electron chi connectivity index (χ0n) is 16.1. The maximum Gasteiger partial charge on any atom is 0.250 e. The minimum absolute atomic E-state index is 0.0286. The predicted molar refractivity (Wildman–Crippen MR) is 100 cm³/mol. The molecule has 0 aromatic heterocycles. The number of ether oxygens (including phenoxy) is 1. The SMILES string of the molecule is CCC(NCC(N)CC(C)C)C(O)C(=O)NCc1cc(F)cc(OC)c1. The molecule has 1 amide bonds. The lowest BCUT2D eigenvalue weighted by molar-refractivity contribution is -0.131. The zero-order chi connectivity index (χ0) is 19.7. The Morgan fingerprint density at radius 1 is 1.35 bits per heavy atom. The van der Waals surface area contributed by atoms with Crippen LogP contribution in [-0.2, 0) is 11.3 Å². The number of nitrogens with two attached hydrogens (primary N) is 1. The number of halogens is 1. The molecule has 5 N–H and O–H groups in total. The number of carbonyl (C=O) groups is 1. The molecule has 0 saturated heterocycles. The van der Waals surface area contributed by atoms with Crippen molar-refractivity contribution < 1.29 is 19.0 Å². The van der Waals surface area contributed by atoms with E-state index in [0.717, 1.165) is 6.42 Å². The van der Waals surface area contributed by atoms with Gasteiger partial charge in [-0.05, 0) is 36.5 Å². The van der Waals surface area contributed by atoms with Gasteiger partial charge in [0.15, 0.2) is 0 Å². The van der Waals surface area contributed by atoms with Gasteiger partial charge < -0.3 is 26.2 Å². The van der Waals surface area contributed by atoms with Crippen LogP contribution in [0, 0.1) is 11.7 Å². The summed E-state index contributed by atoms with van der Waals surface area (Å²) in [5.74, 6) is -0.0863. The molecule has 148 valence electrons. The second-order valence-electron chi connectivity index (χ2n) is 6.97. The van der Waals surface area contributed by atoms with Gasteiger partial charge >= 0.3 is 0 Å². The van der Waals surface area contributed by atoms with E-state index in [-0.39, 0.29) is 12.6 Å². The molecule has 0 radical (unpaired) electrons. The standard InChI is InChI=1S/C19H32FN3O3/c1-5-17(22-11-15(21)6-12(2)3)18(24)19(25)23-10-13-7-14(20)9-16(8-13)26-4/h7-9,12,15,17-18,22,24H,5-6,10-11,21H2,1-4H3,(H,23,25). The minimum atomic E-state index is -1.21. The summed E-state index contributed by atoms with van der Waals surface area (Å²) in [6.45, 7) is 6.72. The molecule has 0 heterocycles. The number of amides is 1. The lowest BCUT2D eigenvalue weighted by Gasteiger charge is -2.24. The van der Waals surface area contributed by atoms with Crippen molar-refractivity contribution in [2.45, 2.75) is 58.3 Å². The summed E-state index contributed by atoms with van der Waals surface area (Å²) in [5, 5.41) is 16.1. The molecule has 1 aromatic carbocycles. The third kappa shape index (κ3) is 7.68. The fraction of sp³-hybridized carbons (Fsp3) is 0.632. The molecule has 0 aliphatic heterocycles. The Morgan fingerprint density at radius 2 is 2.04 bits per heavy atom. The van der Waals surface area contributed by atoms with Crippen LogP contribution in [0.5, 0.6) is 5.75 Å². The first-order valence-corrected chi connectivity index (χ1v) is 9.05. The number of hydrogen-bond donors (Lipinski definition) is 4. The highest BCUT2D eigenvalue weighted by molar-refractivity contribution is 5.81. The third-order valence-corrected chi connectivity index (χ3v) is 4.14. The summed E-state index contributed by atoms with van der Waals surface area (Å²) >= 11 is 0. The number of hydrogen-bond acceptors (Lipinski definition) is 5. The van der Waals surface area contributed by atoms with E-state index in [4.69, 9.17) is 10.5 Å². The first-order valence-electron chi connectivity index (χ1n) is 9.05. The molecule has 0 fully saturated rings. The summed E-state index contributed by atoms with van der Waals surface area (Å²) in [5.41, 5.74) is 6.60. The maximum absolute atomic E-state index is 13.5. The smallest absolute Gasteiger partial charge is 0.250 e. The largest absolute Gasteiger partial charge is 0.497 e. The number of benzene rings is 1. The molecule has 0 aliphatic carbocycles. The number of rotatable bonds is 11. The summed E-state index contributed by atoms with van der Waals surface area (Å²) in [4.78, 5) is 12.2. The number of aliphatic hydroxyl groups is 1. The normalized spacial score (nSPS) is 14.8. The van der Waals surface area contributed by atoms with Crippen molar-refractivity contribution >= 4 is 5.91 Å². The van der Waals surface area contributed by atoms with E-state index in [1.54, 1.807) is 6.07 Å². The number of nitrogens with one attached hydrogen (secondary N) is 2. The highest BCUT2D eigenvalue weighted by Crippen LogP contribution is 2.15. The number of carbonyl (C=O) groups excluding carboxylic acids is 1. The molecule has 0 spiro atoms. The average molecular weight is 369 g/mol. The summed E-state index contributed by atoms with van der Waals surface area (Å²) in [6, 6.07) is 3.79. The van der Waals surface area contributed by atoms with Crippen LogP contribution in [0.3, 0.4) is 0 Å². The van der Waals surface area contributed by atoms with Crippen LogP contribution in [0.2, 0.25) is 0 Å². The Labute approximate surface area is 155 Å². The molecule has 1 aromatic rings. The Hall–Kier alpha value is -1.70. The molecular formula is C19H32FN3O3. The predicted octanol–water partition coefficient (Wildman–Crippen LogP) is 1.55. The second-order valence-corrected chi connectivity index (χ2v) is 6.97. The first kappa shape index (κ1) is 22.3. The lowest BCUT2D eigenvalue weighted by atomic mass is 10.0. The van der Waals surface area contributed by atoms with Gasteiger partial charge in [0.05, 0.1) is 7.11 Å². The molecule has 3 unspecified atom stereocenters. The monoisotopic (exact) mass is 369 g/mol. The second kappa shape index (κ2) is 11.1. The van der Waals surface area contributed by atoms with E-state index in [0.29, 0.717) is 30.2 Å². The fourth-order valence-corrected chi connectivity index (χ4v) is 2.79. The van der Waals surface area contributed by atoms with E-state index >= 15 is 0 Å². The van der Waals surface area contributed by atoms with Crippen molar-refractivity contribution in [1.82, 2.24) is 10.6 Å². The van der Waals surface area contributed by atoms with Crippen LogP contribution in [0.25, 0.3) is 0 Å². The van der Waals surface area contributed by atoms with Gasteiger partial charge in [-0.2, -0.15) is 0 Å². The molecule has 26 heavy (non-hydrogen) atoms. The number of methoxy groups -OCH3 is 1. The highest BCUT2D eigenvalue weighted by Gasteiger charge is 2.24. The zero-order valence-corrected chi connectivity index (χ0v) is 16.1. The van der Waals surface area contributed by atoms with Gasteiger partial charge in [0.2, 0.25) is 0 Å². The van der Waals surface area contributed by atoms with Crippen LogP contribution in [0.4, 0.5) is 4.39 Å². The van der Waals surface area contributed by atoms with Gasteiger partial charge in [0, 0.05) is 31.2 Å². The van der Waals surface area contributed by atoms with E-state index in [1.807, 2.05) is 6.92 Å². The topological polar surface area (TPSA) is 96.6 Å². The van der Waals surface area contributed by atoms with Crippen LogP contribution in [-0.4, -0.2) is 42.9 Å². The number of aliphatic hydroxyl groups excluding tert-OH is 1. The van der Waals surface area contributed by atoms with Crippen LogP contribution >= 0.6 is 0 Å². The van der Waals surface area contributed by atoms with E-state index in [2.05, 4.69) is 24.5 Å². The van der Waals surface area contributed by atoms with Gasteiger partial charge in [-0.3, -0.25) is 4.79 Å². The molecule has 6 nitrogen and oxygen atoms in total. The molecule has 0 saturated carbocycles.